The number of fused-ring (bicyclic) bond motifs is 2. The van der Waals surface area contributed by atoms with Crippen molar-refractivity contribution in [2.24, 2.45) is 4.99 Å². The van der Waals surface area contributed by atoms with E-state index in [0.29, 0.717) is 6.61 Å². The molecule has 4 rings (SSSR count). The van der Waals surface area contributed by atoms with E-state index in [4.69, 9.17) is 9.73 Å². The summed E-state index contributed by atoms with van der Waals surface area (Å²) in [5.74, 6) is 0.884. The van der Waals surface area contributed by atoms with Gasteiger partial charge in [-0.15, -0.1) is 0 Å². The van der Waals surface area contributed by atoms with Crippen LogP contribution in [0.2, 0.25) is 0 Å². The number of ether oxygens (including phenoxy) is 1. The Hall–Kier alpha value is -1.91. The van der Waals surface area contributed by atoms with Crippen LogP contribution in [0.5, 0.6) is 5.75 Å². The maximum atomic E-state index is 10.5. The number of likely N-dealkylation sites (tertiary alicyclic amines) is 1. The molecular weight excluding hydrogens is 348 g/mol. The number of aliphatic imine (C=N–C) groups is 1. The quantitative estimate of drug-likeness (QED) is 0.845. The molecule has 0 amide bonds. The van der Waals surface area contributed by atoms with Crippen molar-refractivity contribution in [1.29, 1.82) is 0 Å². The second-order valence-corrected chi connectivity index (χ2v) is 8.60. The van der Waals surface area contributed by atoms with Gasteiger partial charge in [0.15, 0.2) is 0 Å². The summed E-state index contributed by atoms with van der Waals surface area (Å²) in [6, 6.07) is 6.06. The first-order chi connectivity index (χ1) is 13.5. The smallest absolute Gasteiger partial charge is 0.130 e. The second kappa shape index (κ2) is 8.22. The lowest BCUT2D eigenvalue weighted by Gasteiger charge is -2.26. The first-order valence-electron chi connectivity index (χ1n) is 10.7. The largest absolute Gasteiger partial charge is 0.487 e. The van der Waals surface area contributed by atoms with Crippen LogP contribution in [0.3, 0.4) is 0 Å². The molecule has 0 bridgehead atoms. The number of piperidine rings is 1. The van der Waals surface area contributed by atoms with E-state index in [-0.39, 0.29) is 0 Å². The zero-order chi connectivity index (χ0) is 19.6. The SMILES string of the molecule is CC(C)(O)c1ccc2c(c1)/C(=C/CCN1CCCCC1)C1=CCCN=C1CO2. The first kappa shape index (κ1) is 19.4. The second-order valence-electron chi connectivity index (χ2n) is 8.60. The summed E-state index contributed by atoms with van der Waals surface area (Å²) in [4.78, 5) is 7.31. The van der Waals surface area contributed by atoms with Gasteiger partial charge < -0.3 is 14.7 Å². The summed E-state index contributed by atoms with van der Waals surface area (Å²) in [6.07, 6.45) is 10.7. The van der Waals surface area contributed by atoms with Gasteiger partial charge in [0.1, 0.15) is 12.4 Å². The Bertz CT molecular complexity index is 808. The minimum absolute atomic E-state index is 0.518. The minimum Gasteiger partial charge on any atom is -0.487 e. The molecule has 1 N–H and O–H groups in total. The summed E-state index contributed by atoms with van der Waals surface area (Å²) >= 11 is 0. The molecule has 1 fully saturated rings. The number of dihydropyridines is 1. The van der Waals surface area contributed by atoms with E-state index in [1.54, 1.807) is 0 Å². The Morgan fingerprint density at radius 2 is 2.04 bits per heavy atom. The summed E-state index contributed by atoms with van der Waals surface area (Å²) in [5.41, 5.74) is 4.60. The van der Waals surface area contributed by atoms with Gasteiger partial charge >= 0.3 is 0 Å². The summed E-state index contributed by atoms with van der Waals surface area (Å²) < 4.78 is 6.11. The van der Waals surface area contributed by atoms with E-state index < -0.39 is 5.60 Å². The average Bonchev–Trinajstić information content (AvgIpc) is 2.85. The molecule has 3 heterocycles. The van der Waals surface area contributed by atoms with Crippen LogP contribution >= 0.6 is 0 Å². The van der Waals surface area contributed by atoms with Gasteiger partial charge in [-0.3, -0.25) is 4.99 Å². The third-order valence-electron chi connectivity index (χ3n) is 5.96. The molecule has 0 atom stereocenters. The minimum atomic E-state index is -0.877. The summed E-state index contributed by atoms with van der Waals surface area (Å²) in [5, 5.41) is 10.5. The fourth-order valence-electron chi connectivity index (χ4n) is 4.33. The maximum Gasteiger partial charge on any atom is 0.130 e. The first-order valence-corrected chi connectivity index (χ1v) is 10.7. The number of aliphatic hydroxyl groups is 1. The molecule has 1 aromatic carbocycles. The van der Waals surface area contributed by atoms with Gasteiger partial charge in [0.05, 0.1) is 11.3 Å². The van der Waals surface area contributed by atoms with Gasteiger partial charge in [0.25, 0.3) is 0 Å². The molecule has 0 radical (unpaired) electrons. The lowest BCUT2D eigenvalue weighted by molar-refractivity contribution is 0.0785. The van der Waals surface area contributed by atoms with Crippen molar-refractivity contribution in [3.05, 3.63) is 47.1 Å². The summed E-state index contributed by atoms with van der Waals surface area (Å²) in [7, 11) is 0. The molecule has 0 aliphatic carbocycles. The van der Waals surface area contributed by atoms with Crippen molar-refractivity contribution in [2.45, 2.75) is 51.6 Å². The third kappa shape index (κ3) is 4.23. The van der Waals surface area contributed by atoms with Gasteiger partial charge in [0, 0.05) is 24.2 Å². The predicted molar refractivity (Wildman–Crippen MR) is 115 cm³/mol. The molecule has 0 aromatic heterocycles. The molecule has 4 nitrogen and oxygen atoms in total. The van der Waals surface area contributed by atoms with E-state index in [1.807, 2.05) is 26.0 Å². The number of rotatable bonds is 4. The lowest BCUT2D eigenvalue weighted by atomic mass is 9.88. The topological polar surface area (TPSA) is 45.1 Å². The highest BCUT2D eigenvalue weighted by Crippen LogP contribution is 2.38. The normalized spacial score (nSPS) is 21.9. The molecule has 0 unspecified atom stereocenters. The van der Waals surface area contributed by atoms with E-state index in [9.17, 15) is 5.11 Å². The van der Waals surface area contributed by atoms with Crippen molar-refractivity contribution in [1.82, 2.24) is 4.90 Å². The molecule has 150 valence electrons. The summed E-state index contributed by atoms with van der Waals surface area (Å²) in [6.45, 7) is 8.57. The zero-order valence-electron chi connectivity index (χ0n) is 17.2. The van der Waals surface area contributed by atoms with Crippen LogP contribution in [-0.2, 0) is 5.60 Å². The zero-order valence-corrected chi connectivity index (χ0v) is 17.2. The van der Waals surface area contributed by atoms with Gasteiger partial charge in [0.2, 0.25) is 0 Å². The molecular formula is C24H32N2O2. The highest BCUT2D eigenvalue weighted by atomic mass is 16.5. The predicted octanol–water partition coefficient (Wildman–Crippen LogP) is 4.34. The Kier molecular flexibility index (Phi) is 5.70. The van der Waals surface area contributed by atoms with Gasteiger partial charge in [-0.25, -0.2) is 0 Å². The fraction of sp³-hybridized carbons (Fsp3) is 0.542. The number of hydrogen-bond acceptors (Lipinski definition) is 4. The molecule has 0 spiro atoms. The Morgan fingerprint density at radius 3 is 2.82 bits per heavy atom. The molecule has 1 aromatic rings. The van der Waals surface area contributed by atoms with Crippen LogP contribution in [-0.4, -0.2) is 48.5 Å². The number of hydrogen-bond donors (Lipinski definition) is 1. The van der Waals surface area contributed by atoms with E-state index >= 15 is 0 Å². The molecule has 3 aliphatic heterocycles. The van der Waals surface area contributed by atoms with Gasteiger partial charge in [-0.05, 0) is 75.9 Å². The van der Waals surface area contributed by atoms with Crippen molar-refractivity contribution in [3.8, 4) is 5.75 Å². The number of benzene rings is 1. The maximum absolute atomic E-state index is 10.5. The van der Waals surface area contributed by atoms with Crippen LogP contribution in [0.4, 0.5) is 0 Å². The Balaban J connectivity index is 1.68. The van der Waals surface area contributed by atoms with Crippen molar-refractivity contribution in [2.75, 3.05) is 32.8 Å². The van der Waals surface area contributed by atoms with Gasteiger partial charge in [-0.2, -0.15) is 0 Å². The monoisotopic (exact) mass is 380 g/mol. The Labute approximate surface area is 168 Å². The van der Waals surface area contributed by atoms with Crippen LogP contribution in [0.1, 0.15) is 57.1 Å². The molecule has 4 heteroatoms. The van der Waals surface area contributed by atoms with Crippen molar-refractivity contribution in [3.63, 3.8) is 0 Å². The fourth-order valence-corrected chi connectivity index (χ4v) is 4.33. The van der Waals surface area contributed by atoms with Crippen LogP contribution in [0, 0.1) is 0 Å². The van der Waals surface area contributed by atoms with E-state index in [2.05, 4.69) is 23.1 Å². The van der Waals surface area contributed by atoms with Crippen LogP contribution in [0.25, 0.3) is 5.57 Å². The number of allylic oxidation sites excluding steroid dienone is 1. The van der Waals surface area contributed by atoms with Crippen LogP contribution in [0.15, 0.2) is 40.9 Å². The third-order valence-corrected chi connectivity index (χ3v) is 5.96. The Morgan fingerprint density at radius 1 is 1.21 bits per heavy atom. The number of nitrogens with zero attached hydrogens (tertiary/aromatic N) is 2. The lowest BCUT2D eigenvalue weighted by Crippen LogP contribution is -2.30. The van der Waals surface area contributed by atoms with E-state index in [1.165, 1.54) is 43.5 Å². The molecule has 0 saturated carbocycles. The highest BCUT2D eigenvalue weighted by Gasteiger charge is 2.26. The standard InChI is InChI=1S/C24H32N2O2/c1-24(2,27)18-10-11-23-21(16-18)19(9-7-15-26-13-4-3-5-14-26)20-8-6-12-25-22(20)17-28-23/h8-11,16,27H,3-7,12-15,17H2,1-2H3/b19-9+. The highest BCUT2D eigenvalue weighted by molar-refractivity contribution is 6.15. The van der Waals surface area contributed by atoms with Crippen molar-refractivity contribution >= 4 is 11.3 Å². The van der Waals surface area contributed by atoms with Gasteiger partial charge in [-0.1, -0.05) is 24.6 Å². The molecule has 3 aliphatic rings. The molecule has 28 heavy (non-hydrogen) atoms. The molecule has 1 saturated heterocycles. The van der Waals surface area contributed by atoms with E-state index in [0.717, 1.165) is 48.5 Å². The average molecular weight is 381 g/mol. The van der Waals surface area contributed by atoms with Crippen molar-refractivity contribution < 1.29 is 9.84 Å². The van der Waals surface area contributed by atoms with Crippen LogP contribution < -0.4 is 4.74 Å².